The number of pyridine rings is 2. The van der Waals surface area contributed by atoms with Crippen molar-refractivity contribution in [2.75, 3.05) is 0 Å². The van der Waals surface area contributed by atoms with Crippen LogP contribution in [-0.2, 0) is 0 Å². The number of nitrogens with zero attached hydrogens (tertiary/aromatic N) is 3. The first-order valence-corrected chi connectivity index (χ1v) is 8.95. The lowest BCUT2D eigenvalue weighted by atomic mass is 10.1. The monoisotopic (exact) mass is 382 g/mol. The summed E-state index contributed by atoms with van der Waals surface area (Å²) in [6, 6.07) is 19.2. The lowest BCUT2D eigenvalue weighted by molar-refractivity contribution is -0.384. The van der Waals surface area contributed by atoms with E-state index < -0.39 is 4.92 Å². The van der Waals surface area contributed by atoms with Crippen LogP contribution < -0.4 is 5.56 Å². The van der Waals surface area contributed by atoms with Crippen LogP contribution in [0.15, 0.2) is 83.9 Å². The predicted octanol–water partition coefficient (Wildman–Crippen LogP) is 4.44. The van der Waals surface area contributed by atoms with Gasteiger partial charge in [-0.25, -0.2) is 0 Å². The number of hydrogen-bond acceptors (Lipinski definition) is 4. The van der Waals surface area contributed by atoms with Crippen molar-refractivity contribution < 1.29 is 4.92 Å². The second-order valence-electron chi connectivity index (χ2n) is 6.65. The van der Waals surface area contributed by atoms with E-state index in [1.165, 1.54) is 12.1 Å². The van der Waals surface area contributed by atoms with Crippen LogP contribution in [0.4, 0.5) is 5.69 Å². The maximum atomic E-state index is 13.5. The number of aromatic amines is 1. The van der Waals surface area contributed by atoms with E-state index in [1.54, 1.807) is 35.2 Å². The van der Waals surface area contributed by atoms with Crippen molar-refractivity contribution in [3.8, 4) is 16.8 Å². The molecule has 0 amide bonds. The number of aromatic nitrogens is 3. The highest BCUT2D eigenvalue weighted by Gasteiger charge is 2.17. The summed E-state index contributed by atoms with van der Waals surface area (Å²) in [5.74, 6) is 0. The number of nitrogens with one attached hydrogen (secondary N) is 1. The fraction of sp³-hybridized carbons (Fsp3) is 0. The first-order chi connectivity index (χ1) is 14.1. The zero-order valence-corrected chi connectivity index (χ0v) is 15.1. The third-order valence-corrected chi connectivity index (χ3v) is 4.94. The summed E-state index contributed by atoms with van der Waals surface area (Å²) < 4.78 is 1.60. The van der Waals surface area contributed by atoms with Crippen LogP contribution in [0.2, 0.25) is 0 Å². The van der Waals surface area contributed by atoms with Gasteiger partial charge in [0.05, 0.1) is 21.5 Å². The first-order valence-electron chi connectivity index (χ1n) is 8.95. The van der Waals surface area contributed by atoms with Crippen LogP contribution in [0, 0.1) is 10.1 Å². The molecule has 140 valence electrons. The summed E-state index contributed by atoms with van der Waals surface area (Å²) in [5.41, 5.74) is 3.94. The largest absolute Gasteiger partial charge is 0.353 e. The Bertz CT molecular complexity index is 1430. The second kappa shape index (κ2) is 6.42. The van der Waals surface area contributed by atoms with E-state index in [2.05, 4.69) is 9.97 Å². The summed E-state index contributed by atoms with van der Waals surface area (Å²) in [6.45, 7) is 0. The molecule has 0 saturated carbocycles. The number of benzene rings is 2. The van der Waals surface area contributed by atoms with Gasteiger partial charge in [0, 0.05) is 46.7 Å². The molecule has 0 unspecified atom stereocenters. The molecule has 0 aliphatic carbocycles. The molecule has 0 fully saturated rings. The zero-order chi connectivity index (χ0) is 20.0. The molecule has 29 heavy (non-hydrogen) atoms. The lowest BCUT2D eigenvalue weighted by Gasteiger charge is -2.11. The first kappa shape index (κ1) is 16.9. The van der Waals surface area contributed by atoms with E-state index in [-0.39, 0.29) is 11.2 Å². The van der Waals surface area contributed by atoms with Crippen molar-refractivity contribution in [2.45, 2.75) is 0 Å². The number of fused-ring (bicyclic) bond motifs is 3. The number of non-ortho nitro benzene ring substituents is 1. The Kier molecular flexibility index (Phi) is 3.74. The summed E-state index contributed by atoms with van der Waals surface area (Å²) in [7, 11) is 0. The number of nitro groups is 1. The number of hydrogen-bond donors (Lipinski definition) is 1. The molecule has 2 aromatic carbocycles. The smallest absolute Gasteiger partial charge is 0.269 e. The van der Waals surface area contributed by atoms with Gasteiger partial charge in [0.1, 0.15) is 0 Å². The quantitative estimate of drug-likeness (QED) is 0.369. The Morgan fingerprint density at radius 3 is 2.48 bits per heavy atom. The van der Waals surface area contributed by atoms with Crippen molar-refractivity contribution in [1.82, 2.24) is 14.5 Å². The van der Waals surface area contributed by atoms with Crippen LogP contribution >= 0.6 is 0 Å². The van der Waals surface area contributed by atoms with Crippen molar-refractivity contribution in [3.63, 3.8) is 0 Å². The van der Waals surface area contributed by atoms with Crippen molar-refractivity contribution >= 4 is 27.6 Å². The molecule has 7 nitrogen and oxygen atoms in total. The lowest BCUT2D eigenvalue weighted by Crippen LogP contribution is -2.20. The summed E-state index contributed by atoms with van der Waals surface area (Å²) >= 11 is 0. The highest BCUT2D eigenvalue weighted by atomic mass is 16.6. The molecule has 0 bridgehead atoms. The Labute approximate surface area is 164 Å². The minimum atomic E-state index is -0.458. The number of H-pyrrole nitrogens is 1. The molecule has 3 heterocycles. The van der Waals surface area contributed by atoms with Gasteiger partial charge >= 0.3 is 0 Å². The van der Waals surface area contributed by atoms with Gasteiger partial charge in [-0.2, -0.15) is 0 Å². The van der Waals surface area contributed by atoms with Crippen molar-refractivity contribution in [1.29, 1.82) is 0 Å². The standard InChI is InChI=1S/C22H14N4O3/c27-22-18(14-4-3-11-23-13-14)12-20-21(17-5-1-2-6-19(17)24-20)25(22)15-7-9-16(10-8-15)26(28)29/h1-13,24H. The van der Waals surface area contributed by atoms with Gasteiger partial charge in [0.15, 0.2) is 0 Å². The second-order valence-corrected chi connectivity index (χ2v) is 6.65. The van der Waals surface area contributed by atoms with Crippen LogP contribution in [0.3, 0.4) is 0 Å². The SMILES string of the molecule is O=c1c(-c2cccnc2)cc2[nH]c3ccccc3c2n1-c1ccc([N+](=O)[O-])cc1. The molecule has 0 aliphatic rings. The van der Waals surface area contributed by atoms with E-state index in [0.717, 1.165) is 21.9 Å². The number of nitro benzene ring substituents is 1. The van der Waals surface area contributed by atoms with Gasteiger partial charge in [-0.15, -0.1) is 0 Å². The van der Waals surface area contributed by atoms with Crippen LogP contribution in [0.25, 0.3) is 38.8 Å². The molecule has 5 aromatic rings. The molecule has 0 radical (unpaired) electrons. The Morgan fingerprint density at radius 2 is 1.76 bits per heavy atom. The maximum Gasteiger partial charge on any atom is 0.269 e. The van der Waals surface area contributed by atoms with E-state index in [9.17, 15) is 14.9 Å². The Hall–Kier alpha value is -4.26. The van der Waals surface area contributed by atoms with E-state index >= 15 is 0 Å². The van der Waals surface area contributed by atoms with Crippen LogP contribution in [-0.4, -0.2) is 19.5 Å². The average molecular weight is 382 g/mol. The van der Waals surface area contributed by atoms with Gasteiger partial charge in [-0.3, -0.25) is 24.5 Å². The molecule has 7 heteroatoms. The molecule has 1 N–H and O–H groups in total. The molecule has 3 aromatic heterocycles. The Balaban J connectivity index is 1.90. The molecule has 5 rings (SSSR count). The van der Waals surface area contributed by atoms with Crippen molar-refractivity contribution in [3.05, 3.63) is 99.6 Å². The zero-order valence-electron chi connectivity index (χ0n) is 15.1. The minimum absolute atomic E-state index is 0.0274. The van der Waals surface area contributed by atoms with Crippen LogP contribution in [0.1, 0.15) is 0 Å². The topological polar surface area (TPSA) is 93.8 Å². The fourth-order valence-electron chi connectivity index (χ4n) is 3.62. The highest BCUT2D eigenvalue weighted by Crippen LogP contribution is 2.29. The van der Waals surface area contributed by atoms with Crippen LogP contribution in [0.5, 0.6) is 0 Å². The van der Waals surface area contributed by atoms with Gasteiger partial charge in [0.25, 0.3) is 11.2 Å². The van der Waals surface area contributed by atoms with Gasteiger partial charge in [0.2, 0.25) is 0 Å². The summed E-state index contributed by atoms with van der Waals surface area (Å²) in [6.07, 6.45) is 3.30. The average Bonchev–Trinajstić information content (AvgIpc) is 3.12. The predicted molar refractivity (Wildman–Crippen MR) is 111 cm³/mol. The number of para-hydroxylation sites is 1. The minimum Gasteiger partial charge on any atom is -0.353 e. The molecule has 0 spiro atoms. The normalized spacial score (nSPS) is 11.2. The Morgan fingerprint density at radius 1 is 0.966 bits per heavy atom. The molecule has 0 aliphatic heterocycles. The third-order valence-electron chi connectivity index (χ3n) is 4.94. The molecular formula is C22H14N4O3. The number of rotatable bonds is 3. The van der Waals surface area contributed by atoms with Gasteiger partial charge in [-0.1, -0.05) is 24.3 Å². The van der Waals surface area contributed by atoms with E-state index in [1.807, 2.05) is 36.4 Å². The summed E-state index contributed by atoms with van der Waals surface area (Å²) in [4.78, 5) is 31.6. The highest BCUT2D eigenvalue weighted by molar-refractivity contribution is 6.06. The molecular weight excluding hydrogens is 368 g/mol. The van der Waals surface area contributed by atoms with Crippen molar-refractivity contribution in [2.24, 2.45) is 0 Å². The molecule has 0 atom stereocenters. The summed E-state index contributed by atoms with van der Waals surface area (Å²) in [5, 5.41) is 11.9. The maximum absolute atomic E-state index is 13.5. The van der Waals surface area contributed by atoms with Gasteiger partial charge < -0.3 is 4.98 Å². The van der Waals surface area contributed by atoms with E-state index in [0.29, 0.717) is 16.8 Å². The molecule has 0 saturated heterocycles. The third kappa shape index (κ3) is 2.68. The van der Waals surface area contributed by atoms with Gasteiger partial charge in [-0.05, 0) is 30.3 Å². The fourth-order valence-corrected chi connectivity index (χ4v) is 3.62. The van der Waals surface area contributed by atoms with E-state index in [4.69, 9.17) is 0 Å².